The minimum atomic E-state index is -0.409. The molecule has 2 aromatic carbocycles. The molecule has 0 heterocycles. The molecule has 1 unspecified atom stereocenters. The van der Waals surface area contributed by atoms with Crippen LogP contribution in [0.5, 0.6) is 5.75 Å². The second-order valence-corrected chi connectivity index (χ2v) is 7.93. The Hall–Kier alpha value is -2.29. The number of rotatable bonds is 6. The van der Waals surface area contributed by atoms with Crippen LogP contribution in [0.2, 0.25) is 0 Å². The Morgan fingerprint density at radius 2 is 1.78 bits per heavy atom. The Morgan fingerprint density at radius 3 is 2.37 bits per heavy atom. The van der Waals surface area contributed by atoms with E-state index >= 15 is 0 Å². The number of carbonyl (C=O) groups is 1. The van der Waals surface area contributed by atoms with Crippen molar-refractivity contribution in [1.82, 2.24) is 0 Å². The number of aryl methyl sites for hydroxylation is 2. The van der Waals surface area contributed by atoms with E-state index in [0.717, 1.165) is 54.7 Å². The first-order valence-electron chi connectivity index (χ1n) is 10.1. The molecule has 0 spiro atoms. The van der Waals surface area contributed by atoms with E-state index in [2.05, 4.69) is 50.4 Å². The molecule has 0 radical (unpaired) electrons. The van der Waals surface area contributed by atoms with Gasteiger partial charge in [0, 0.05) is 5.69 Å². The van der Waals surface area contributed by atoms with E-state index in [4.69, 9.17) is 4.74 Å². The molecule has 3 heteroatoms. The van der Waals surface area contributed by atoms with Gasteiger partial charge in [0.15, 0.2) is 0 Å². The summed E-state index contributed by atoms with van der Waals surface area (Å²) in [4.78, 5) is 13.3. The second kappa shape index (κ2) is 8.16. The molecule has 2 aromatic rings. The first kappa shape index (κ1) is 19.5. The van der Waals surface area contributed by atoms with Crippen molar-refractivity contribution < 1.29 is 9.53 Å². The van der Waals surface area contributed by atoms with E-state index < -0.39 is 5.41 Å². The normalized spacial score (nSPS) is 16.7. The predicted octanol–water partition coefficient (Wildman–Crippen LogP) is 5.93. The van der Waals surface area contributed by atoms with E-state index in [-0.39, 0.29) is 12.0 Å². The van der Waals surface area contributed by atoms with Crippen LogP contribution >= 0.6 is 0 Å². The smallest absolute Gasteiger partial charge is 0.235 e. The molecule has 3 nitrogen and oxygen atoms in total. The topological polar surface area (TPSA) is 38.3 Å². The highest BCUT2D eigenvalue weighted by Gasteiger charge is 2.42. The molecule has 1 aliphatic rings. The zero-order valence-corrected chi connectivity index (χ0v) is 17.0. The molecule has 1 amide bonds. The highest BCUT2D eigenvalue weighted by Crippen LogP contribution is 2.42. The van der Waals surface area contributed by atoms with Gasteiger partial charge in [-0.15, -0.1) is 0 Å². The third-order valence-electron chi connectivity index (χ3n) is 5.83. The van der Waals surface area contributed by atoms with E-state index in [1.807, 2.05) is 25.1 Å². The minimum absolute atomic E-state index is 0.110. The highest BCUT2D eigenvalue weighted by molar-refractivity contribution is 5.99. The number of nitrogens with one attached hydrogen (secondary N) is 1. The van der Waals surface area contributed by atoms with E-state index in [9.17, 15) is 4.79 Å². The number of benzene rings is 2. The van der Waals surface area contributed by atoms with Crippen molar-refractivity contribution in [3.05, 3.63) is 59.2 Å². The van der Waals surface area contributed by atoms with Crippen LogP contribution in [0, 0.1) is 13.8 Å². The van der Waals surface area contributed by atoms with Crippen LogP contribution in [0.3, 0.4) is 0 Å². The standard InChI is InChI=1S/C24H31NO2/c1-5-19(4)27-22-13-12-21(16-18(22)3)25-23(26)24(14-6-7-15-24)20-10-8-17(2)9-11-20/h8-13,16,19H,5-7,14-15H2,1-4H3,(H,25,26). The van der Waals surface area contributed by atoms with E-state index in [1.54, 1.807) is 0 Å². The lowest BCUT2D eigenvalue weighted by Gasteiger charge is -2.28. The number of amides is 1. The molecule has 1 atom stereocenters. The number of ether oxygens (including phenoxy) is 1. The van der Waals surface area contributed by atoms with Gasteiger partial charge in [0.25, 0.3) is 0 Å². The minimum Gasteiger partial charge on any atom is -0.490 e. The molecule has 0 bridgehead atoms. The third kappa shape index (κ3) is 4.18. The lowest BCUT2D eigenvalue weighted by Crippen LogP contribution is -2.38. The van der Waals surface area contributed by atoms with Crippen molar-refractivity contribution >= 4 is 11.6 Å². The van der Waals surface area contributed by atoms with Crippen molar-refractivity contribution in [2.45, 2.75) is 71.3 Å². The maximum absolute atomic E-state index is 13.3. The van der Waals surface area contributed by atoms with Crippen molar-refractivity contribution in [1.29, 1.82) is 0 Å². The number of carbonyl (C=O) groups excluding carboxylic acids is 1. The molecule has 1 aliphatic carbocycles. The molecule has 27 heavy (non-hydrogen) atoms. The zero-order chi connectivity index (χ0) is 19.4. The van der Waals surface area contributed by atoms with Crippen molar-refractivity contribution in [3.8, 4) is 5.75 Å². The number of hydrogen-bond acceptors (Lipinski definition) is 2. The van der Waals surface area contributed by atoms with Gasteiger partial charge in [-0.3, -0.25) is 4.79 Å². The quantitative estimate of drug-likeness (QED) is 0.689. The molecule has 144 valence electrons. The monoisotopic (exact) mass is 365 g/mol. The van der Waals surface area contributed by atoms with Gasteiger partial charge in [-0.2, -0.15) is 0 Å². The fraction of sp³-hybridized carbons (Fsp3) is 0.458. The summed E-state index contributed by atoms with van der Waals surface area (Å²) in [6.45, 7) is 8.29. The molecular formula is C24H31NO2. The molecule has 1 N–H and O–H groups in total. The Bertz CT molecular complexity index is 789. The summed E-state index contributed by atoms with van der Waals surface area (Å²) in [5, 5.41) is 3.18. The molecule has 0 saturated heterocycles. The van der Waals surface area contributed by atoms with Crippen LogP contribution in [0.1, 0.15) is 62.6 Å². The van der Waals surface area contributed by atoms with Crippen LogP contribution in [-0.4, -0.2) is 12.0 Å². The highest BCUT2D eigenvalue weighted by atomic mass is 16.5. The third-order valence-corrected chi connectivity index (χ3v) is 5.83. The average Bonchev–Trinajstić information content (AvgIpc) is 3.15. The lowest BCUT2D eigenvalue weighted by molar-refractivity contribution is -0.121. The van der Waals surface area contributed by atoms with Crippen molar-refractivity contribution in [2.24, 2.45) is 0 Å². The van der Waals surface area contributed by atoms with Gasteiger partial charge < -0.3 is 10.1 Å². The van der Waals surface area contributed by atoms with Gasteiger partial charge >= 0.3 is 0 Å². The Balaban J connectivity index is 1.80. The van der Waals surface area contributed by atoms with Crippen molar-refractivity contribution in [3.63, 3.8) is 0 Å². The first-order valence-corrected chi connectivity index (χ1v) is 10.1. The summed E-state index contributed by atoms with van der Waals surface area (Å²) in [6, 6.07) is 14.4. The van der Waals surface area contributed by atoms with Crippen LogP contribution in [0.15, 0.2) is 42.5 Å². The maximum Gasteiger partial charge on any atom is 0.235 e. The number of hydrogen-bond donors (Lipinski definition) is 1. The summed E-state index contributed by atoms with van der Waals surface area (Å²) in [5.74, 6) is 0.996. The SMILES string of the molecule is CCC(C)Oc1ccc(NC(=O)C2(c3ccc(C)cc3)CCCC2)cc1C. The Labute approximate surface area is 163 Å². The molecule has 1 fully saturated rings. The van der Waals surface area contributed by atoms with Gasteiger partial charge in [-0.05, 0) is 69.4 Å². The Morgan fingerprint density at radius 1 is 1.11 bits per heavy atom. The molecule has 0 aliphatic heterocycles. The molecule has 3 rings (SSSR count). The molecule has 0 aromatic heterocycles. The summed E-state index contributed by atoms with van der Waals surface area (Å²) >= 11 is 0. The summed E-state index contributed by atoms with van der Waals surface area (Å²) in [5.41, 5.74) is 3.83. The maximum atomic E-state index is 13.3. The lowest BCUT2D eigenvalue weighted by atomic mass is 9.77. The van der Waals surface area contributed by atoms with E-state index in [1.165, 1.54) is 5.56 Å². The summed E-state index contributed by atoms with van der Waals surface area (Å²) in [7, 11) is 0. The Kier molecular flexibility index (Phi) is 5.88. The predicted molar refractivity (Wildman–Crippen MR) is 112 cm³/mol. The van der Waals surface area contributed by atoms with E-state index in [0.29, 0.717) is 0 Å². The first-order chi connectivity index (χ1) is 12.9. The summed E-state index contributed by atoms with van der Waals surface area (Å²) in [6.07, 6.45) is 5.18. The second-order valence-electron chi connectivity index (χ2n) is 7.93. The van der Waals surface area contributed by atoms with Crippen LogP contribution in [0.25, 0.3) is 0 Å². The zero-order valence-electron chi connectivity index (χ0n) is 17.0. The van der Waals surface area contributed by atoms with Gasteiger partial charge in [0.05, 0.1) is 11.5 Å². The van der Waals surface area contributed by atoms with Gasteiger partial charge in [-0.1, -0.05) is 49.6 Å². The van der Waals surface area contributed by atoms with Crippen LogP contribution < -0.4 is 10.1 Å². The fourth-order valence-electron chi connectivity index (χ4n) is 3.91. The molecular weight excluding hydrogens is 334 g/mol. The average molecular weight is 366 g/mol. The number of anilines is 1. The largest absolute Gasteiger partial charge is 0.490 e. The van der Waals surface area contributed by atoms with Gasteiger partial charge in [-0.25, -0.2) is 0 Å². The fourth-order valence-corrected chi connectivity index (χ4v) is 3.91. The van der Waals surface area contributed by atoms with Gasteiger partial charge in [0.2, 0.25) is 5.91 Å². The molecule has 1 saturated carbocycles. The van der Waals surface area contributed by atoms with Crippen molar-refractivity contribution in [2.75, 3.05) is 5.32 Å². The summed E-state index contributed by atoms with van der Waals surface area (Å²) < 4.78 is 5.94. The van der Waals surface area contributed by atoms with Crippen LogP contribution in [0.4, 0.5) is 5.69 Å². The van der Waals surface area contributed by atoms with Crippen LogP contribution in [-0.2, 0) is 10.2 Å². The van der Waals surface area contributed by atoms with Gasteiger partial charge in [0.1, 0.15) is 5.75 Å².